The van der Waals surface area contributed by atoms with Gasteiger partial charge in [-0.25, -0.2) is 0 Å². The minimum atomic E-state index is -0.593. The van der Waals surface area contributed by atoms with Crippen molar-refractivity contribution in [1.29, 1.82) is 0 Å². The van der Waals surface area contributed by atoms with Crippen molar-refractivity contribution in [2.45, 2.75) is 39.5 Å². The fraction of sp³-hybridized carbons (Fsp3) is 0.700. The Bertz CT molecular complexity index is 249. The number of aliphatic hydroxyl groups excluding tert-OH is 1. The van der Waals surface area contributed by atoms with Crippen LogP contribution in [0.15, 0.2) is 16.6 Å². The van der Waals surface area contributed by atoms with Crippen molar-refractivity contribution < 1.29 is 9.90 Å². The molecular weight excluding hydrogens is 196 g/mol. The summed E-state index contributed by atoms with van der Waals surface area (Å²) in [5.41, 5.74) is -0.395. The summed E-state index contributed by atoms with van der Waals surface area (Å²) in [5, 5.41) is 14.4. The summed E-state index contributed by atoms with van der Waals surface area (Å²) < 4.78 is 0. The summed E-state index contributed by atoms with van der Waals surface area (Å²) in [4.78, 5) is 21.7. The molecule has 0 aliphatic heterocycles. The molecule has 0 aliphatic carbocycles. The third-order valence-corrected chi connectivity index (χ3v) is 1.88. The zero-order chi connectivity index (χ0) is 11.7. The van der Waals surface area contributed by atoms with Gasteiger partial charge in [-0.3, -0.25) is 4.79 Å². The highest BCUT2D eigenvalue weighted by molar-refractivity contribution is 5.93. The van der Waals surface area contributed by atoms with Gasteiger partial charge in [-0.2, -0.15) is 0 Å². The first-order valence-corrected chi connectivity index (χ1v) is 5.21. The number of carbonyl (C=O) groups excluding carboxylic acids is 1. The van der Waals surface area contributed by atoms with E-state index in [0.29, 0.717) is 19.4 Å². The summed E-state index contributed by atoms with van der Waals surface area (Å²) in [7, 11) is 0. The SMILES string of the molecule is CCCCNC(=O)/C(N=O)=C(\O)CCC. The Hall–Kier alpha value is -1.39. The Balaban J connectivity index is 4.33. The second-order valence-electron chi connectivity index (χ2n) is 3.25. The highest BCUT2D eigenvalue weighted by atomic mass is 16.3. The van der Waals surface area contributed by atoms with Crippen LogP contribution in [0.3, 0.4) is 0 Å². The summed E-state index contributed by atoms with van der Waals surface area (Å²) in [6.07, 6.45) is 2.75. The molecule has 0 radical (unpaired) electrons. The lowest BCUT2D eigenvalue weighted by Crippen LogP contribution is -2.26. The Morgan fingerprint density at radius 3 is 2.47 bits per heavy atom. The average molecular weight is 214 g/mol. The van der Waals surface area contributed by atoms with Crippen LogP contribution in [-0.4, -0.2) is 17.6 Å². The first-order valence-electron chi connectivity index (χ1n) is 5.21. The fourth-order valence-electron chi connectivity index (χ4n) is 1.04. The Labute approximate surface area is 89.5 Å². The van der Waals surface area contributed by atoms with E-state index in [9.17, 15) is 14.8 Å². The molecule has 0 saturated heterocycles. The Morgan fingerprint density at radius 2 is 2.00 bits per heavy atom. The molecule has 0 aromatic rings. The highest BCUT2D eigenvalue weighted by Crippen LogP contribution is 2.09. The van der Waals surface area contributed by atoms with E-state index in [-0.39, 0.29) is 5.76 Å². The molecule has 0 spiro atoms. The van der Waals surface area contributed by atoms with Crippen molar-refractivity contribution >= 4 is 5.91 Å². The van der Waals surface area contributed by atoms with E-state index in [1.807, 2.05) is 13.8 Å². The highest BCUT2D eigenvalue weighted by Gasteiger charge is 2.14. The molecule has 0 heterocycles. The molecule has 0 aromatic carbocycles. The van der Waals surface area contributed by atoms with Crippen LogP contribution >= 0.6 is 0 Å². The van der Waals surface area contributed by atoms with Crippen molar-refractivity contribution in [1.82, 2.24) is 5.32 Å². The maximum atomic E-state index is 11.3. The molecule has 0 saturated carbocycles. The van der Waals surface area contributed by atoms with Gasteiger partial charge in [0.2, 0.25) is 5.70 Å². The number of rotatable bonds is 7. The molecule has 0 fully saturated rings. The molecule has 0 rings (SSSR count). The van der Waals surface area contributed by atoms with E-state index < -0.39 is 11.6 Å². The molecule has 1 amide bonds. The molecule has 5 nitrogen and oxygen atoms in total. The predicted octanol–water partition coefficient (Wildman–Crippen LogP) is 2.24. The first kappa shape index (κ1) is 13.6. The number of nitrogens with zero attached hydrogens (tertiary/aromatic N) is 1. The van der Waals surface area contributed by atoms with Crippen LogP contribution < -0.4 is 5.32 Å². The van der Waals surface area contributed by atoms with Gasteiger partial charge in [0.1, 0.15) is 5.76 Å². The number of allylic oxidation sites excluding steroid dienone is 1. The number of aliphatic hydroxyl groups is 1. The minimum absolute atomic E-state index is 0.235. The van der Waals surface area contributed by atoms with Gasteiger partial charge in [0, 0.05) is 13.0 Å². The minimum Gasteiger partial charge on any atom is -0.510 e. The molecule has 0 aliphatic rings. The smallest absolute Gasteiger partial charge is 0.277 e. The zero-order valence-corrected chi connectivity index (χ0v) is 9.25. The van der Waals surface area contributed by atoms with Gasteiger partial charge in [0.05, 0.1) is 0 Å². The van der Waals surface area contributed by atoms with Crippen LogP contribution in [0.2, 0.25) is 0 Å². The molecule has 0 atom stereocenters. The molecule has 2 N–H and O–H groups in total. The van der Waals surface area contributed by atoms with E-state index in [1.54, 1.807) is 0 Å². The Morgan fingerprint density at radius 1 is 1.33 bits per heavy atom. The molecule has 0 unspecified atom stereocenters. The number of amides is 1. The van der Waals surface area contributed by atoms with Crippen molar-refractivity contribution in [2.75, 3.05) is 6.54 Å². The van der Waals surface area contributed by atoms with Gasteiger partial charge in [-0.05, 0) is 18.0 Å². The molecular formula is C10H18N2O3. The van der Waals surface area contributed by atoms with Crippen LogP contribution in [0.25, 0.3) is 0 Å². The van der Waals surface area contributed by atoms with Crippen molar-refractivity contribution in [3.8, 4) is 0 Å². The number of hydrogen-bond donors (Lipinski definition) is 2. The lowest BCUT2D eigenvalue weighted by Gasteiger charge is -2.04. The van der Waals surface area contributed by atoms with Crippen molar-refractivity contribution in [2.24, 2.45) is 5.18 Å². The topological polar surface area (TPSA) is 78.8 Å². The number of unbranched alkanes of at least 4 members (excludes halogenated alkanes) is 1. The van der Waals surface area contributed by atoms with Crippen LogP contribution in [0.1, 0.15) is 39.5 Å². The number of carbonyl (C=O) groups is 1. The fourth-order valence-corrected chi connectivity index (χ4v) is 1.04. The third kappa shape index (κ3) is 5.15. The summed E-state index contributed by atoms with van der Waals surface area (Å²) in [5.74, 6) is -0.828. The normalized spacial score (nSPS) is 11.9. The van der Waals surface area contributed by atoms with Gasteiger partial charge in [-0.15, -0.1) is 4.91 Å². The summed E-state index contributed by atoms with van der Waals surface area (Å²) in [6, 6.07) is 0. The van der Waals surface area contributed by atoms with E-state index in [0.717, 1.165) is 12.8 Å². The Kier molecular flexibility index (Phi) is 7.23. The maximum absolute atomic E-state index is 11.3. The second kappa shape index (κ2) is 7.96. The first-order chi connectivity index (χ1) is 7.17. The predicted molar refractivity (Wildman–Crippen MR) is 58.3 cm³/mol. The van der Waals surface area contributed by atoms with Crippen LogP contribution in [0.4, 0.5) is 0 Å². The van der Waals surface area contributed by atoms with Gasteiger partial charge < -0.3 is 10.4 Å². The van der Waals surface area contributed by atoms with Gasteiger partial charge in [0.15, 0.2) is 0 Å². The lowest BCUT2D eigenvalue weighted by molar-refractivity contribution is -0.117. The molecule has 0 bridgehead atoms. The van der Waals surface area contributed by atoms with Crippen LogP contribution in [-0.2, 0) is 4.79 Å². The third-order valence-electron chi connectivity index (χ3n) is 1.88. The van der Waals surface area contributed by atoms with Gasteiger partial charge >= 0.3 is 0 Å². The molecule has 15 heavy (non-hydrogen) atoms. The lowest BCUT2D eigenvalue weighted by atomic mass is 10.2. The van der Waals surface area contributed by atoms with E-state index >= 15 is 0 Å². The van der Waals surface area contributed by atoms with Crippen molar-refractivity contribution in [3.63, 3.8) is 0 Å². The number of hydrogen-bond acceptors (Lipinski definition) is 4. The standard InChI is InChI=1S/C10H18N2O3/c1-3-5-7-11-10(14)9(12-15)8(13)6-4-2/h13H,3-7H2,1-2H3,(H,11,14)/b9-8+. The second-order valence-corrected chi connectivity index (χ2v) is 3.25. The molecule has 0 aromatic heterocycles. The zero-order valence-electron chi connectivity index (χ0n) is 9.25. The maximum Gasteiger partial charge on any atom is 0.277 e. The van der Waals surface area contributed by atoms with Gasteiger partial charge in [-0.1, -0.05) is 20.3 Å². The van der Waals surface area contributed by atoms with Gasteiger partial charge in [0.25, 0.3) is 5.91 Å². The summed E-state index contributed by atoms with van der Waals surface area (Å²) in [6.45, 7) is 4.33. The molecule has 5 heteroatoms. The van der Waals surface area contributed by atoms with Crippen LogP contribution in [0.5, 0.6) is 0 Å². The average Bonchev–Trinajstić information content (AvgIpc) is 2.19. The summed E-state index contributed by atoms with van der Waals surface area (Å²) >= 11 is 0. The quantitative estimate of drug-likeness (QED) is 0.295. The number of nitrogens with one attached hydrogen (secondary N) is 1. The van der Waals surface area contributed by atoms with Crippen LogP contribution in [0, 0.1) is 4.91 Å². The number of nitroso groups, excluding NO2 is 1. The largest absolute Gasteiger partial charge is 0.510 e. The van der Waals surface area contributed by atoms with Crippen molar-refractivity contribution in [3.05, 3.63) is 16.4 Å². The van der Waals surface area contributed by atoms with E-state index in [4.69, 9.17) is 0 Å². The van der Waals surface area contributed by atoms with E-state index in [1.165, 1.54) is 0 Å². The van der Waals surface area contributed by atoms with E-state index in [2.05, 4.69) is 10.5 Å². The monoisotopic (exact) mass is 214 g/mol. The molecule has 86 valence electrons.